The average molecular weight is 405 g/mol. The van der Waals surface area contributed by atoms with Gasteiger partial charge >= 0.3 is 0 Å². The lowest BCUT2D eigenvalue weighted by molar-refractivity contribution is -0.136. The van der Waals surface area contributed by atoms with Crippen molar-refractivity contribution in [3.05, 3.63) is 71.3 Å². The van der Waals surface area contributed by atoms with E-state index in [1.165, 1.54) is 16.7 Å². The average Bonchev–Trinajstić information content (AvgIpc) is 2.77. The van der Waals surface area contributed by atoms with Crippen LogP contribution in [-0.2, 0) is 4.79 Å². The summed E-state index contributed by atoms with van der Waals surface area (Å²) in [5.41, 5.74) is 3.61. The van der Waals surface area contributed by atoms with Gasteiger partial charge in [-0.1, -0.05) is 73.7 Å². The molecule has 4 nitrogen and oxygen atoms in total. The molecule has 0 bridgehead atoms. The van der Waals surface area contributed by atoms with Crippen LogP contribution in [0, 0.1) is 0 Å². The predicted octanol–water partition coefficient (Wildman–Crippen LogP) is 4.02. The topological polar surface area (TPSA) is 43.8 Å². The van der Waals surface area contributed by atoms with Crippen LogP contribution in [0.5, 0.6) is 0 Å². The van der Waals surface area contributed by atoms with Gasteiger partial charge in [0.15, 0.2) is 0 Å². The number of carbonyl (C=O) groups excluding carboxylic acids is 1. The van der Waals surface area contributed by atoms with Crippen molar-refractivity contribution in [3.63, 3.8) is 0 Å². The van der Waals surface area contributed by atoms with E-state index in [0.29, 0.717) is 12.5 Å². The van der Waals surface area contributed by atoms with Crippen molar-refractivity contribution in [1.29, 1.82) is 0 Å². The first kappa shape index (κ1) is 20.8. The van der Waals surface area contributed by atoms with E-state index in [2.05, 4.69) is 53.5 Å². The quantitative estimate of drug-likeness (QED) is 0.766. The molecule has 2 aromatic rings. The number of carbonyl (C=O) groups is 1. The molecule has 4 rings (SSSR count). The number of fused-ring (bicyclic) bond motifs is 1. The zero-order valence-corrected chi connectivity index (χ0v) is 17.8. The molecule has 2 heterocycles. The van der Waals surface area contributed by atoms with Gasteiger partial charge in [0.25, 0.3) is 0 Å². The van der Waals surface area contributed by atoms with Crippen molar-refractivity contribution in [1.82, 2.24) is 9.80 Å². The molecule has 4 heteroatoms. The van der Waals surface area contributed by atoms with Crippen molar-refractivity contribution >= 4 is 18.1 Å². The highest BCUT2D eigenvalue weighted by atomic mass is 16.3. The summed E-state index contributed by atoms with van der Waals surface area (Å²) in [7, 11) is 0. The molecule has 158 valence electrons. The van der Waals surface area contributed by atoms with Crippen LogP contribution < -0.4 is 0 Å². The van der Waals surface area contributed by atoms with Gasteiger partial charge in [0, 0.05) is 37.5 Å². The van der Waals surface area contributed by atoms with Gasteiger partial charge < -0.3 is 10.0 Å². The predicted molar refractivity (Wildman–Crippen MR) is 122 cm³/mol. The van der Waals surface area contributed by atoms with Gasteiger partial charge in [0.1, 0.15) is 0 Å². The molecule has 3 atom stereocenters. The van der Waals surface area contributed by atoms with E-state index in [1.54, 1.807) is 0 Å². The number of rotatable bonds is 5. The molecular weight excluding hydrogens is 372 g/mol. The third-order valence-electron chi connectivity index (χ3n) is 6.61. The Morgan fingerprint density at radius 3 is 2.33 bits per heavy atom. The van der Waals surface area contributed by atoms with Crippen LogP contribution in [0.15, 0.2) is 54.6 Å². The third-order valence-corrected chi connectivity index (χ3v) is 6.61. The fraction of sp³-hybridized carbons (Fsp3) is 0.423. The van der Waals surface area contributed by atoms with Crippen LogP contribution >= 0.6 is 0 Å². The molecule has 0 radical (unpaired) electrons. The molecule has 30 heavy (non-hydrogen) atoms. The summed E-state index contributed by atoms with van der Waals surface area (Å²) in [5.74, 6) is 0.511. The summed E-state index contributed by atoms with van der Waals surface area (Å²) in [6.07, 6.45) is 6.94. The molecule has 2 saturated heterocycles. The molecular formula is C26H32N2O2. The highest BCUT2D eigenvalue weighted by Crippen LogP contribution is 2.42. The number of nitrogens with zero attached hydrogens (tertiary/aromatic N) is 2. The molecule has 0 aliphatic carbocycles. The monoisotopic (exact) mass is 404 g/mol. The van der Waals surface area contributed by atoms with Crippen LogP contribution in [0.4, 0.5) is 0 Å². The maximum atomic E-state index is 12.4. The number of amides is 1. The zero-order valence-electron chi connectivity index (χ0n) is 17.8. The Labute approximate surface area is 179 Å². The summed E-state index contributed by atoms with van der Waals surface area (Å²) in [4.78, 5) is 16.8. The Hall–Kier alpha value is -2.43. The summed E-state index contributed by atoms with van der Waals surface area (Å²) >= 11 is 0. The first-order chi connectivity index (χ1) is 14.7. The van der Waals surface area contributed by atoms with Gasteiger partial charge in [0.05, 0.1) is 6.61 Å². The second-order valence-electron chi connectivity index (χ2n) is 8.39. The van der Waals surface area contributed by atoms with Gasteiger partial charge in [-0.25, -0.2) is 0 Å². The van der Waals surface area contributed by atoms with Crippen molar-refractivity contribution in [2.75, 3.05) is 26.2 Å². The lowest BCUT2D eigenvalue weighted by Gasteiger charge is -2.57. The highest BCUT2D eigenvalue weighted by molar-refractivity contribution is 5.76. The van der Waals surface area contributed by atoms with Crippen LogP contribution in [0.3, 0.4) is 0 Å². The Bertz CT molecular complexity index is 862. The second-order valence-corrected chi connectivity index (χ2v) is 8.39. The van der Waals surface area contributed by atoms with Crippen molar-refractivity contribution in [2.45, 2.75) is 44.2 Å². The molecule has 2 aliphatic heterocycles. The second kappa shape index (κ2) is 9.59. The van der Waals surface area contributed by atoms with Crippen molar-refractivity contribution in [2.24, 2.45) is 0 Å². The van der Waals surface area contributed by atoms with Crippen LogP contribution in [0.1, 0.15) is 48.8 Å². The molecule has 0 spiro atoms. The van der Waals surface area contributed by atoms with E-state index in [4.69, 9.17) is 0 Å². The maximum absolute atomic E-state index is 12.4. The van der Waals surface area contributed by atoms with E-state index in [0.717, 1.165) is 32.5 Å². The van der Waals surface area contributed by atoms with Gasteiger partial charge in [-0.15, -0.1) is 0 Å². The number of hydrogen-bond donors (Lipinski definition) is 1. The first-order valence-corrected chi connectivity index (χ1v) is 11.2. The minimum absolute atomic E-state index is 0.150. The number of hydrogen-bond acceptors (Lipinski definition) is 3. The van der Waals surface area contributed by atoms with Crippen molar-refractivity contribution in [3.8, 4) is 0 Å². The van der Waals surface area contributed by atoms with E-state index in [9.17, 15) is 9.90 Å². The zero-order chi connectivity index (χ0) is 20.9. The molecule has 1 amide bonds. The minimum atomic E-state index is 0.150. The van der Waals surface area contributed by atoms with E-state index >= 15 is 0 Å². The Balaban J connectivity index is 1.51. The normalized spacial score (nSPS) is 24.7. The van der Waals surface area contributed by atoms with Gasteiger partial charge in [0.2, 0.25) is 5.91 Å². The fourth-order valence-corrected chi connectivity index (χ4v) is 4.98. The molecule has 2 aromatic carbocycles. The smallest absolute Gasteiger partial charge is 0.222 e. The molecule has 0 aromatic heterocycles. The number of aliphatic hydroxyl groups excluding tert-OH is 1. The molecule has 2 aliphatic rings. The Kier molecular flexibility index (Phi) is 6.66. The molecule has 0 unspecified atom stereocenters. The maximum Gasteiger partial charge on any atom is 0.222 e. The van der Waals surface area contributed by atoms with Crippen LogP contribution in [0.2, 0.25) is 0 Å². The number of benzene rings is 2. The molecule has 1 N–H and O–H groups in total. The van der Waals surface area contributed by atoms with E-state index in [1.807, 2.05) is 30.0 Å². The fourth-order valence-electron chi connectivity index (χ4n) is 4.98. The van der Waals surface area contributed by atoms with E-state index < -0.39 is 0 Å². The van der Waals surface area contributed by atoms with Crippen LogP contribution in [0.25, 0.3) is 12.2 Å². The van der Waals surface area contributed by atoms with Gasteiger partial charge in [-0.05, 0) is 36.1 Å². The van der Waals surface area contributed by atoms with Crippen LogP contribution in [-0.4, -0.2) is 59.1 Å². The van der Waals surface area contributed by atoms with Gasteiger partial charge in [-0.2, -0.15) is 0 Å². The third kappa shape index (κ3) is 4.35. The lowest BCUT2D eigenvalue weighted by atomic mass is 9.74. The lowest BCUT2D eigenvalue weighted by Crippen LogP contribution is -2.67. The minimum Gasteiger partial charge on any atom is -0.395 e. The first-order valence-electron chi connectivity index (χ1n) is 11.2. The van der Waals surface area contributed by atoms with Crippen molar-refractivity contribution < 1.29 is 9.90 Å². The largest absolute Gasteiger partial charge is 0.395 e. The highest BCUT2D eigenvalue weighted by Gasteiger charge is 2.49. The Morgan fingerprint density at radius 1 is 1.00 bits per heavy atom. The van der Waals surface area contributed by atoms with E-state index in [-0.39, 0.29) is 24.5 Å². The SMILES string of the molecule is CCC(=O)N1CCCCN2[C@H](C1)[C@H](c1ccc(/C=C/c3ccccc3)cc1)[C@@H]2CO. The molecule has 2 fully saturated rings. The summed E-state index contributed by atoms with van der Waals surface area (Å²) in [6, 6.07) is 19.4. The summed E-state index contributed by atoms with van der Waals surface area (Å²) in [5, 5.41) is 10.1. The van der Waals surface area contributed by atoms with Gasteiger partial charge in [-0.3, -0.25) is 9.69 Å². The molecule has 0 saturated carbocycles. The summed E-state index contributed by atoms with van der Waals surface area (Å²) < 4.78 is 0. The standard InChI is InChI=1S/C26H32N2O2/c1-2-25(30)27-16-6-7-17-28-23(18-27)26(24(28)19-29)22-14-12-21(13-15-22)11-10-20-8-4-3-5-9-20/h3-5,8-15,23-24,26,29H,2,6-7,16-19H2,1H3/b11-10+/t23-,24+,26+/m1/s1. The Morgan fingerprint density at radius 2 is 1.67 bits per heavy atom. The summed E-state index contributed by atoms with van der Waals surface area (Å²) in [6.45, 7) is 4.74. The number of aliphatic hydroxyl groups is 1.